The summed E-state index contributed by atoms with van der Waals surface area (Å²) in [7, 11) is -3.07. The van der Waals surface area contributed by atoms with E-state index in [1.807, 2.05) is 72.8 Å². The van der Waals surface area contributed by atoms with E-state index in [0.29, 0.717) is 105 Å². The van der Waals surface area contributed by atoms with E-state index in [1.54, 1.807) is 48.5 Å². The normalized spacial score (nSPS) is 13.7. The Morgan fingerprint density at radius 1 is 0.582 bits per heavy atom. The number of furan rings is 2. The average molecular weight is 1320 g/mol. The zero-order chi connectivity index (χ0) is 64.2. The van der Waals surface area contributed by atoms with Crippen molar-refractivity contribution in [3.8, 4) is 34.1 Å². The summed E-state index contributed by atoms with van der Waals surface area (Å²) in [6.45, 7) is 4.21. The standard InChI is InChI=1S/C33H33ClFN5O4S.C33H32ClFN4O4S.CH4O/c1-39-17-26(18-39)40(12-13-45(2,41)42)19-27-8-11-31(44-27)23-6-9-30-28(15-23)33(37-21-36-30)38-25-7-10-32(29(34)16-25)43-20-22-4-3-5-24(35)14-22;1-44(40,41)15-14-39(26-6-3-7-26)19-27-10-13-31(43-27)23-8-11-30-28(17-23)33(37-21-36-30)38-25-9-12-32(29(34)18-25)42-20-22-4-2-5-24(35)16-22;1-2/h3-11,14-16,21,26H,12-13,17-20H2,1-2H3,(H,36,37,38);2,4-5,8-13,16-18,21,26H,3,6-7,14-15,19-20H2,1H3,(H,36,37,38);2H,1H3. The number of nitrogens with one attached hydrogen (secondary N) is 2. The molecule has 2 aliphatic rings. The van der Waals surface area contributed by atoms with Gasteiger partial charge in [-0.1, -0.05) is 53.9 Å². The Hall–Kier alpha value is -8.06. The van der Waals surface area contributed by atoms with Crippen LogP contribution in [0.3, 0.4) is 0 Å². The van der Waals surface area contributed by atoms with Gasteiger partial charge in [0, 0.05) is 91.2 Å². The Morgan fingerprint density at radius 3 is 1.43 bits per heavy atom. The van der Waals surface area contributed by atoms with Crippen LogP contribution in [0.5, 0.6) is 11.5 Å². The molecule has 0 bridgehead atoms. The molecule has 476 valence electrons. The number of halogens is 4. The lowest BCUT2D eigenvalue weighted by Crippen LogP contribution is -2.58. The Balaban J connectivity index is 0.000000195. The summed E-state index contributed by atoms with van der Waals surface area (Å²) in [4.78, 5) is 24.4. The number of hydrogen-bond acceptors (Lipinski definition) is 18. The van der Waals surface area contributed by atoms with Crippen LogP contribution >= 0.6 is 23.2 Å². The number of nitrogens with zero attached hydrogens (tertiary/aromatic N) is 7. The highest BCUT2D eigenvalue weighted by atomic mass is 35.5. The van der Waals surface area contributed by atoms with E-state index >= 15 is 0 Å². The van der Waals surface area contributed by atoms with Gasteiger partial charge in [0.2, 0.25) is 0 Å². The molecule has 3 N–H and O–H groups in total. The number of aromatic nitrogens is 4. The third-order valence-electron chi connectivity index (χ3n) is 15.5. The highest BCUT2D eigenvalue weighted by Gasteiger charge is 2.31. The van der Waals surface area contributed by atoms with Crippen LogP contribution in [0, 0.1) is 11.6 Å². The molecular weight excluding hydrogens is 1250 g/mol. The Labute approximate surface area is 537 Å². The first-order chi connectivity index (χ1) is 43.8. The van der Waals surface area contributed by atoms with Gasteiger partial charge in [-0.3, -0.25) is 9.80 Å². The van der Waals surface area contributed by atoms with Crippen molar-refractivity contribution in [2.75, 3.05) is 75.0 Å². The highest BCUT2D eigenvalue weighted by molar-refractivity contribution is 7.90. The number of likely N-dealkylation sites (tertiary alicyclic amines) is 1. The minimum atomic E-state index is -3.08. The second kappa shape index (κ2) is 29.9. The van der Waals surface area contributed by atoms with Crippen molar-refractivity contribution in [1.82, 2.24) is 34.6 Å². The van der Waals surface area contributed by atoms with Crippen LogP contribution < -0.4 is 20.1 Å². The van der Waals surface area contributed by atoms with Crippen molar-refractivity contribution >= 4 is 87.7 Å². The number of fused-ring (bicyclic) bond motifs is 2. The molecule has 91 heavy (non-hydrogen) atoms. The lowest BCUT2D eigenvalue weighted by Gasteiger charge is -2.43. The first-order valence-corrected chi connectivity index (χ1v) is 34.2. The van der Waals surface area contributed by atoms with Crippen LogP contribution in [0.4, 0.5) is 31.8 Å². The monoisotopic (exact) mass is 1320 g/mol. The number of aliphatic hydroxyl groups is 1. The first-order valence-electron chi connectivity index (χ1n) is 29.3. The molecule has 4 aromatic heterocycles. The molecule has 0 amide bonds. The molecule has 0 spiro atoms. The molecule has 10 aromatic rings. The Bertz CT molecular complexity index is 4380. The fourth-order valence-corrected chi connectivity index (χ4v) is 12.1. The second-order valence-electron chi connectivity index (χ2n) is 22.5. The fourth-order valence-electron chi connectivity index (χ4n) is 10.5. The molecule has 0 unspecified atom stereocenters. The largest absolute Gasteiger partial charge is 0.487 e. The van der Waals surface area contributed by atoms with Crippen molar-refractivity contribution < 1.29 is 49.0 Å². The number of hydrogen-bond donors (Lipinski definition) is 3. The Kier molecular flexibility index (Phi) is 21.7. The van der Waals surface area contributed by atoms with Crippen molar-refractivity contribution in [3.05, 3.63) is 203 Å². The SMILES string of the molecule is CN1CC(N(CCS(C)(=O)=O)Cc2ccc(-c3ccc4ncnc(Nc5ccc(OCc6cccc(F)c6)c(Cl)c5)c4c3)o2)C1.CO.CS(=O)(=O)CCN(Cc1ccc(-c2ccc3ncnc(Nc4ccc(OCc5cccc(F)c5)c(Cl)c4)c3c2)o1)C1CCC1. The van der Waals surface area contributed by atoms with Gasteiger partial charge in [0.1, 0.15) is 103 Å². The fraction of sp³-hybridized carbons (Fsp3) is 0.284. The van der Waals surface area contributed by atoms with E-state index in [0.717, 1.165) is 77.5 Å². The highest BCUT2D eigenvalue weighted by Crippen LogP contribution is 2.36. The molecule has 5 heterocycles. The molecule has 12 rings (SSSR count). The Morgan fingerprint density at radius 2 is 1.03 bits per heavy atom. The van der Waals surface area contributed by atoms with E-state index in [9.17, 15) is 25.6 Å². The first kappa shape index (κ1) is 65.9. The molecule has 1 saturated carbocycles. The van der Waals surface area contributed by atoms with Gasteiger partial charge in [0.05, 0.1) is 45.7 Å². The van der Waals surface area contributed by atoms with Gasteiger partial charge in [0.15, 0.2) is 0 Å². The lowest BCUT2D eigenvalue weighted by molar-refractivity contribution is 0.0471. The van der Waals surface area contributed by atoms with Crippen LogP contribution in [0.25, 0.3) is 44.5 Å². The molecule has 1 aliphatic heterocycles. The third-order valence-corrected chi connectivity index (χ3v) is 17.9. The van der Waals surface area contributed by atoms with E-state index < -0.39 is 19.7 Å². The van der Waals surface area contributed by atoms with E-state index in [2.05, 4.69) is 52.3 Å². The smallest absolute Gasteiger partial charge is 0.148 e. The van der Waals surface area contributed by atoms with Crippen LogP contribution in [0.1, 0.15) is 41.9 Å². The summed E-state index contributed by atoms with van der Waals surface area (Å²) in [5.41, 5.74) is 6.07. The predicted octanol–water partition coefficient (Wildman–Crippen LogP) is 13.2. The third kappa shape index (κ3) is 18.1. The minimum Gasteiger partial charge on any atom is -0.487 e. The average Bonchev–Trinajstić information content (AvgIpc) is 1.86. The van der Waals surface area contributed by atoms with Crippen molar-refractivity contribution in [2.45, 2.75) is 57.6 Å². The van der Waals surface area contributed by atoms with Crippen LogP contribution in [-0.4, -0.2) is 133 Å². The quantitative estimate of drug-likeness (QED) is 0.0512. The molecule has 0 radical (unpaired) electrons. The summed E-state index contributed by atoms with van der Waals surface area (Å²) >= 11 is 13.0. The number of rotatable bonds is 24. The van der Waals surface area contributed by atoms with Gasteiger partial charge in [-0.05, 0) is 152 Å². The number of anilines is 4. The van der Waals surface area contributed by atoms with Crippen LogP contribution in [0.15, 0.2) is 167 Å². The van der Waals surface area contributed by atoms with Crippen molar-refractivity contribution in [1.29, 1.82) is 0 Å². The molecule has 6 aromatic carbocycles. The number of sulfone groups is 2. The topological polar surface area (TPSA) is 219 Å². The minimum absolute atomic E-state index is 0.108. The summed E-state index contributed by atoms with van der Waals surface area (Å²) < 4.78 is 98.3. The van der Waals surface area contributed by atoms with Crippen LogP contribution in [0.2, 0.25) is 10.0 Å². The van der Waals surface area contributed by atoms with E-state index in [-0.39, 0.29) is 36.4 Å². The zero-order valence-corrected chi connectivity index (χ0v) is 53.7. The van der Waals surface area contributed by atoms with Gasteiger partial charge in [-0.25, -0.2) is 45.6 Å². The number of benzene rings is 6. The predicted molar refractivity (Wildman–Crippen MR) is 353 cm³/mol. The molecule has 1 aliphatic carbocycles. The van der Waals surface area contributed by atoms with Gasteiger partial charge < -0.3 is 38.9 Å². The number of ether oxygens (including phenoxy) is 2. The summed E-state index contributed by atoms with van der Waals surface area (Å²) in [6, 6.07) is 43.3. The van der Waals surface area contributed by atoms with Gasteiger partial charge in [-0.15, -0.1) is 0 Å². The number of likely N-dealkylation sites (N-methyl/N-ethyl adjacent to an activating group) is 1. The van der Waals surface area contributed by atoms with Crippen LogP contribution in [-0.2, 0) is 46.0 Å². The van der Waals surface area contributed by atoms with Crippen molar-refractivity contribution in [2.24, 2.45) is 0 Å². The second-order valence-corrected chi connectivity index (χ2v) is 27.8. The summed E-state index contributed by atoms with van der Waals surface area (Å²) in [6.07, 6.45) is 8.86. The van der Waals surface area contributed by atoms with Gasteiger partial charge >= 0.3 is 0 Å². The molecule has 0 atom stereocenters. The molecule has 24 heteroatoms. The van der Waals surface area contributed by atoms with E-state index in [4.69, 9.17) is 46.6 Å². The van der Waals surface area contributed by atoms with E-state index in [1.165, 1.54) is 55.9 Å². The maximum Gasteiger partial charge on any atom is 0.148 e. The number of aliphatic hydroxyl groups excluding tert-OH is 1. The molecule has 18 nitrogen and oxygen atoms in total. The maximum atomic E-state index is 13.5. The van der Waals surface area contributed by atoms with Gasteiger partial charge in [-0.2, -0.15) is 0 Å². The van der Waals surface area contributed by atoms with Gasteiger partial charge in [0.25, 0.3) is 0 Å². The lowest BCUT2D eigenvalue weighted by atomic mass is 9.91. The molecule has 1 saturated heterocycles. The maximum absolute atomic E-state index is 13.5. The molecule has 2 fully saturated rings. The molecular formula is C67H69Cl2F2N9O9S2. The van der Waals surface area contributed by atoms with Crippen molar-refractivity contribution in [3.63, 3.8) is 0 Å². The summed E-state index contributed by atoms with van der Waals surface area (Å²) in [5, 5.41) is 16.1. The summed E-state index contributed by atoms with van der Waals surface area (Å²) in [5.74, 6) is 4.72. The zero-order valence-electron chi connectivity index (χ0n) is 50.5.